The van der Waals surface area contributed by atoms with Gasteiger partial charge in [0.2, 0.25) is 0 Å². The van der Waals surface area contributed by atoms with Gasteiger partial charge in [0, 0.05) is 4.47 Å². The number of rotatable bonds is 5. The zero-order valence-electron chi connectivity index (χ0n) is 9.41. The summed E-state index contributed by atoms with van der Waals surface area (Å²) >= 11 is 3.05. The van der Waals surface area contributed by atoms with Crippen molar-refractivity contribution >= 4 is 26.0 Å². The van der Waals surface area contributed by atoms with Gasteiger partial charge in [-0.25, -0.2) is 12.8 Å². The maximum absolute atomic E-state index is 13.4. The first-order valence-electron chi connectivity index (χ1n) is 4.91. The first kappa shape index (κ1) is 14.6. The average Bonchev–Trinajstić information content (AvgIpc) is 2.15. The molecule has 1 N–H and O–H groups in total. The SMILES string of the molecule is CC(C)CONS(=O)(=O)c1ccc(Br)cc1F. The van der Waals surface area contributed by atoms with Crippen LogP contribution in [0.1, 0.15) is 13.8 Å². The molecule has 0 amide bonds. The second-order valence-electron chi connectivity index (χ2n) is 3.87. The molecule has 1 rings (SSSR count). The quantitative estimate of drug-likeness (QED) is 0.846. The van der Waals surface area contributed by atoms with Crippen LogP contribution in [0.3, 0.4) is 0 Å². The Morgan fingerprint density at radius 2 is 2.12 bits per heavy atom. The van der Waals surface area contributed by atoms with E-state index in [9.17, 15) is 12.8 Å². The van der Waals surface area contributed by atoms with Gasteiger partial charge in [0.05, 0.1) is 6.61 Å². The minimum Gasteiger partial charge on any atom is -0.287 e. The van der Waals surface area contributed by atoms with Crippen LogP contribution in [0.2, 0.25) is 0 Å². The van der Waals surface area contributed by atoms with Crippen molar-refractivity contribution in [2.45, 2.75) is 18.7 Å². The number of hydrogen-bond acceptors (Lipinski definition) is 3. The Balaban J connectivity index is 2.83. The molecule has 0 saturated heterocycles. The molecule has 0 spiro atoms. The summed E-state index contributed by atoms with van der Waals surface area (Å²) < 4.78 is 37.2. The minimum atomic E-state index is -3.97. The van der Waals surface area contributed by atoms with E-state index in [-0.39, 0.29) is 12.5 Å². The number of sulfonamides is 1. The molecule has 0 atom stereocenters. The van der Waals surface area contributed by atoms with Gasteiger partial charge in [-0.05, 0) is 24.1 Å². The van der Waals surface area contributed by atoms with Gasteiger partial charge >= 0.3 is 0 Å². The van der Waals surface area contributed by atoms with Gasteiger partial charge in [-0.1, -0.05) is 34.7 Å². The van der Waals surface area contributed by atoms with E-state index in [1.807, 2.05) is 18.7 Å². The molecule has 0 saturated carbocycles. The Hall–Kier alpha value is -0.500. The normalized spacial score (nSPS) is 12.1. The first-order valence-corrected chi connectivity index (χ1v) is 7.19. The van der Waals surface area contributed by atoms with Crippen molar-refractivity contribution in [3.8, 4) is 0 Å². The fourth-order valence-electron chi connectivity index (χ4n) is 1.02. The van der Waals surface area contributed by atoms with Gasteiger partial charge in [0.1, 0.15) is 10.7 Å². The number of hydrogen-bond donors (Lipinski definition) is 1. The van der Waals surface area contributed by atoms with E-state index in [0.29, 0.717) is 4.47 Å². The molecule has 17 heavy (non-hydrogen) atoms. The molecule has 0 aromatic heterocycles. The molecule has 0 radical (unpaired) electrons. The Labute approximate surface area is 108 Å². The summed E-state index contributed by atoms with van der Waals surface area (Å²) in [5.41, 5.74) is 0. The molecule has 1 aromatic rings. The predicted octanol–water partition coefficient (Wildman–Crippen LogP) is 2.45. The van der Waals surface area contributed by atoms with Crippen LogP contribution < -0.4 is 4.89 Å². The maximum Gasteiger partial charge on any atom is 0.265 e. The molecule has 7 heteroatoms. The Morgan fingerprint density at radius 3 is 2.65 bits per heavy atom. The highest BCUT2D eigenvalue weighted by molar-refractivity contribution is 9.10. The highest BCUT2D eigenvalue weighted by Gasteiger charge is 2.19. The van der Waals surface area contributed by atoms with Crippen LogP contribution in [0.5, 0.6) is 0 Å². The molecule has 0 heterocycles. The smallest absolute Gasteiger partial charge is 0.265 e. The van der Waals surface area contributed by atoms with Crippen molar-refractivity contribution in [2.24, 2.45) is 5.92 Å². The zero-order valence-corrected chi connectivity index (χ0v) is 11.8. The fourth-order valence-corrected chi connectivity index (χ4v) is 2.23. The van der Waals surface area contributed by atoms with Crippen LogP contribution in [0.15, 0.2) is 27.6 Å². The van der Waals surface area contributed by atoms with Crippen molar-refractivity contribution < 1.29 is 17.6 Å². The molecule has 0 unspecified atom stereocenters. The summed E-state index contributed by atoms with van der Waals surface area (Å²) in [7, 11) is -3.97. The Bertz CT molecular complexity index is 490. The molecular formula is C10H13BrFNO3S. The molecule has 96 valence electrons. The lowest BCUT2D eigenvalue weighted by molar-refractivity contribution is 0.0717. The summed E-state index contributed by atoms with van der Waals surface area (Å²) in [5.74, 6) is -0.660. The lowest BCUT2D eigenvalue weighted by Crippen LogP contribution is -2.26. The molecule has 0 fully saturated rings. The molecule has 4 nitrogen and oxygen atoms in total. The summed E-state index contributed by atoms with van der Waals surface area (Å²) in [6.45, 7) is 3.96. The van der Waals surface area contributed by atoms with E-state index in [0.717, 1.165) is 6.07 Å². The van der Waals surface area contributed by atoms with Crippen LogP contribution in [0.4, 0.5) is 4.39 Å². The van der Waals surface area contributed by atoms with E-state index in [1.165, 1.54) is 12.1 Å². The third kappa shape index (κ3) is 4.34. The summed E-state index contributed by atoms with van der Waals surface area (Å²) in [6, 6.07) is 3.69. The number of benzene rings is 1. The highest BCUT2D eigenvalue weighted by atomic mass is 79.9. The van der Waals surface area contributed by atoms with Crippen molar-refractivity contribution in [2.75, 3.05) is 6.61 Å². The van der Waals surface area contributed by atoms with Crippen LogP contribution in [-0.2, 0) is 14.9 Å². The lowest BCUT2D eigenvalue weighted by atomic mass is 10.2. The second-order valence-corrected chi connectivity index (χ2v) is 6.40. The second kappa shape index (κ2) is 5.90. The van der Waals surface area contributed by atoms with Crippen molar-refractivity contribution in [1.29, 1.82) is 0 Å². The third-order valence-corrected chi connectivity index (χ3v) is 3.51. The molecular weight excluding hydrogens is 313 g/mol. The lowest BCUT2D eigenvalue weighted by Gasteiger charge is -2.09. The van der Waals surface area contributed by atoms with E-state index in [4.69, 9.17) is 4.84 Å². The van der Waals surface area contributed by atoms with Gasteiger partial charge in [0.15, 0.2) is 0 Å². The summed E-state index contributed by atoms with van der Waals surface area (Å²) in [4.78, 5) is 6.23. The fraction of sp³-hybridized carbons (Fsp3) is 0.400. The first-order chi connectivity index (χ1) is 7.83. The third-order valence-electron chi connectivity index (χ3n) is 1.77. The molecule has 0 aliphatic carbocycles. The molecule has 0 aliphatic heterocycles. The van der Waals surface area contributed by atoms with Gasteiger partial charge in [-0.2, -0.15) is 0 Å². The average molecular weight is 326 g/mol. The van der Waals surface area contributed by atoms with Crippen molar-refractivity contribution in [3.63, 3.8) is 0 Å². The topological polar surface area (TPSA) is 55.4 Å². The zero-order chi connectivity index (χ0) is 13.1. The summed E-state index contributed by atoms with van der Waals surface area (Å²) in [6.07, 6.45) is 0. The highest BCUT2D eigenvalue weighted by Crippen LogP contribution is 2.19. The van der Waals surface area contributed by atoms with Crippen molar-refractivity contribution in [1.82, 2.24) is 4.89 Å². The van der Waals surface area contributed by atoms with Crippen LogP contribution >= 0.6 is 15.9 Å². The largest absolute Gasteiger partial charge is 0.287 e. The number of halogens is 2. The van der Waals surface area contributed by atoms with Crippen LogP contribution in [0.25, 0.3) is 0 Å². The van der Waals surface area contributed by atoms with E-state index >= 15 is 0 Å². The molecule has 0 aliphatic rings. The van der Waals surface area contributed by atoms with Crippen molar-refractivity contribution in [3.05, 3.63) is 28.5 Å². The van der Waals surface area contributed by atoms with E-state index in [1.54, 1.807) is 0 Å². The Morgan fingerprint density at radius 1 is 1.47 bits per heavy atom. The van der Waals surface area contributed by atoms with Gasteiger partial charge in [-0.15, -0.1) is 0 Å². The standard InChI is InChI=1S/C10H13BrFNO3S/c1-7(2)6-16-13-17(14,15)10-4-3-8(11)5-9(10)12/h3-5,7,13H,6H2,1-2H3. The van der Waals surface area contributed by atoms with Gasteiger partial charge in [-0.3, -0.25) is 4.84 Å². The molecule has 0 bridgehead atoms. The monoisotopic (exact) mass is 325 g/mol. The Kier molecular flexibility index (Phi) is 5.05. The number of nitrogens with one attached hydrogen (secondary N) is 1. The summed E-state index contributed by atoms with van der Waals surface area (Å²) in [5, 5.41) is 0. The van der Waals surface area contributed by atoms with Crippen LogP contribution in [-0.4, -0.2) is 15.0 Å². The predicted molar refractivity (Wildman–Crippen MR) is 65.2 cm³/mol. The van der Waals surface area contributed by atoms with Crippen LogP contribution in [0, 0.1) is 11.7 Å². The molecule has 1 aromatic carbocycles. The van der Waals surface area contributed by atoms with Gasteiger partial charge < -0.3 is 0 Å². The van der Waals surface area contributed by atoms with E-state index in [2.05, 4.69) is 15.9 Å². The minimum absolute atomic E-state index is 0.174. The van der Waals surface area contributed by atoms with Gasteiger partial charge in [0.25, 0.3) is 10.0 Å². The van der Waals surface area contributed by atoms with E-state index < -0.39 is 20.7 Å². The maximum atomic E-state index is 13.4.